The zero-order valence-corrected chi connectivity index (χ0v) is 15.1. The van der Waals surface area contributed by atoms with Gasteiger partial charge in [-0.2, -0.15) is 0 Å². The number of Topliss-reactive ketones (excluding diaryl/α,β-unsaturated/α-hetero) is 1. The van der Waals surface area contributed by atoms with Crippen molar-refractivity contribution in [3.8, 4) is 11.5 Å². The van der Waals surface area contributed by atoms with Crippen LogP contribution in [0.5, 0.6) is 11.5 Å². The number of nitrogens with zero attached hydrogens (tertiary/aromatic N) is 1. The van der Waals surface area contributed by atoms with E-state index in [1.165, 1.54) is 12.1 Å². The summed E-state index contributed by atoms with van der Waals surface area (Å²) in [6.07, 6.45) is 0. The number of benzene rings is 2. The van der Waals surface area contributed by atoms with Gasteiger partial charge in [-0.1, -0.05) is 12.1 Å². The van der Waals surface area contributed by atoms with Crippen molar-refractivity contribution < 1.29 is 18.7 Å². The highest BCUT2D eigenvalue weighted by Gasteiger charge is 2.34. The van der Waals surface area contributed by atoms with Crippen LogP contribution in [0.25, 0.3) is 0 Å². The van der Waals surface area contributed by atoms with Gasteiger partial charge in [0.25, 0.3) is 0 Å². The fourth-order valence-corrected chi connectivity index (χ4v) is 3.46. The predicted molar refractivity (Wildman–Crippen MR) is 95.7 cm³/mol. The van der Waals surface area contributed by atoms with Gasteiger partial charge in [0.15, 0.2) is 5.76 Å². The molecule has 2 aliphatic heterocycles. The van der Waals surface area contributed by atoms with Crippen molar-refractivity contribution >= 4 is 5.78 Å². The van der Waals surface area contributed by atoms with Crippen LogP contribution in [0.4, 0.5) is 4.39 Å². The van der Waals surface area contributed by atoms with Crippen LogP contribution in [0.1, 0.15) is 40.9 Å². The molecular formula is C21H20FNO3. The van der Waals surface area contributed by atoms with Crippen LogP contribution in [0.15, 0.2) is 41.7 Å². The van der Waals surface area contributed by atoms with Crippen molar-refractivity contribution in [2.45, 2.75) is 33.9 Å². The Kier molecular flexibility index (Phi) is 4.04. The van der Waals surface area contributed by atoms with Gasteiger partial charge in [-0.3, -0.25) is 9.69 Å². The summed E-state index contributed by atoms with van der Waals surface area (Å²) in [5.74, 6) is 1.50. The Morgan fingerprint density at radius 3 is 2.62 bits per heavy atom. The molecule has 0 atom stereocenters. The first-order valence-corrected chi connectivity index (χ1v) is 8.60. The molecule has 5 heteroatoms. The van der Waals surface area contributed by atoms with Crippen molar-refractivity contribution in [3.05, 3.63) is 69.7 Å². The maximum absolute atomic E-state index is 13.1. The lowest BCUT2D eigenvalue weighted by atomic mass is 9.99. The average molecular weight is 353 g/mol. The number of fused-ring (bicyclic) bond motifs is 2. The highest BCUT2D eigenvalue weighted by molar-refractivity contribution is 6.13. The molecule has 0 saturated heterocycles. The summed E-state index contributed by atoms with van der Waals surface area (Å²) in [4.78, 5) is 14.7. The maximum Gasteiger partial charge on any atom is 0.231 e. The third-order valence-corrected chi connectivity index (χ3v) is 4.75. The Morgan fingerprint density at radius 2 is 1.92 bits per heavy atom. The molecule has 0 radical (unpaired) electrons. The van der Waals surface area contributed by atoms with Crippen molar-refractivity contribution in [3.63, 3.8) is 0 Å². The molecule has 0 spiro atoms. The molecule has 0 aromatic heterocycles. The molecule has 2 aromatic carbocycles. The Balaban J connectivity index is 1.63. The molecule has 0 fully saturated rings. The normalized spacial score (nSPS) is 16.0. The van der Waals surface area contributed by atoms with Crippen LogP contribution in [0.2, 0.25) is 0 Å². The zero-order chi connectivity index (χ0) is 18.4. The van der Waals surface area contributed by atoms with Gasteiger partial charge in [0.1, 0.15) is 24.0 Å². The molecule has 0 saturated carbocycles. The van der Waals surface area contributed by atoms with Crippen molar-refractivity contribution in [1.29, 1.82) is 0 Å². The standard InChI is InChI=1S/C21H20FNO3/c1-12(2)19-18(24)17-8-15-10-23(9-14-4-6-16(22)7-5-14)11-25-20(15)13(3)21(17)26-19/h4-8H,9-11H2,1-3H3. The van der Waals surface area contributed by atoms with Gasteiger partial charge >= 0.3 is 0 Å². The van der Waals surface area contributed by atoms with Gasteiger partial charge < -0.3 is 9.47 Å². The summed E-state index contributed by atoms with van der Waals surface area (Å²) >= 11 is 0. The summed E-state index contributed by atoms with van der Waals surface area (Å²) in [5.41, 5.74) is 4.32. The Morgan fingerprint density at radius 1 is 1.19 bits per heavy atom. The topological polar surface area (TPSA) is 38.8 Å². The summed E-state index contributed by atoms with van der Waals surface area (Å²) in [6.45, 7) is 7.42. The molecule has 4 rings (SSSR count). The minimum atomic E-state index is -0.242. The smallest absolute Gasteiger partial charge is 0.231 e. The molecule has 2 aliphatic rings. The second-order valence-electron chi connectivity index (χ2n) is 7.01. The number of ketones is 1. The summed E-state index contributed by atoms with van der Waals surface area (Å²) in [6, 6.07) is 8.35. The van der Waals surface area contributed by atoms with E-state index in [2.05, 4.69) is 4.90 Å². The van der Waals surface area contributed by atoms with Gasteiger partial charge in [-0.15, -0.1) is 0 Å². The summed E-state index contributed by atoms with van der Waals surface area (Å²) in [7, 11) is 0. The Labute approximate surface area is 151 Å². The SMILES string of the molecule is CC(C)=C1Oc2c(cc3c(c2C)OCN(Cc2ccc(F)cc2)C3)C1=O. The van der Waals surface area contributed by atoms with E-state index in [1.807, 2.05) is 26.8 Å². The number of hydrogen-bond donors (Lipinski definition) is 0. The maximum atomic E-state index is 13.1. The van der Waals surface area contributed by atoms with Crippen molar-refractivity contribution in [2.75, 3.05) is 6.73 Å². The lowest BCUT2D eigenvalue weighted by Crippen LogP contribution is -2.32. The first kappa shape index (κ1) is 16.8. The lowest BCUT2D eigenvalue weighted by Gasteiger charge is -2.30. The van der Waals surface area contributed by atoms with E-state index in [1.54, 1.807) is 12.1 Å². The molecule has 0 bridgehead atoms. The molecule has 0 N–H and O–H groups in total. The molecule has 2 aromatic rings. The number of rotatable bonds is 2. The number of carbonyl (C=O) groups is 1. The zero-order valence-electron chi connectivity index (χ0n) is 15.1. The monoisotopic (exact) mass is 353 g/mol. The van der Waals surface area contributed by atoms with Crippen LogP contribution in [-0.4, -0.2) is 17.4 Å². The number of halogens is 1. The van der Waals surface area contributed by atoms with Crippen LogP contribution in [-0.2, 0) is 13.1 Å². The van der Waals surface area contributed by atoms with Crippen LogP contribution >= 0.6 is 0 Å². The quantitative estimate of drug-likeness (QED) is 0.752. The number of carbonyl (C=O) groups excluding carboxylic acids is 1. The van der Waals surface area contributed by atoms with Gasteiger partial charge in [-0.05, 0) is 50.1 Å². The van der Waals surface area contributed by atoms with Gasteiger partial charge in [-0.25, -0.2) is 4.39 Å². The Bertz CT molecular complexity index is 927. The fraction of sp³-hybridized carbons (Fsp3) is 0.286. The molecule has 134 valence electrons. The van der Waals surface area contributed by atoms with E-state index in [-0.39, 0.29) is 11.6 Å². The third-order valence-electron chi connectivity index (χ3n) is 4.75. The minimum absolute atomic E-state index is 0.0680. The molecule has 2 heterocycles. The van der Waals surface area contributed by atoms with Crippen molar-refractivity contribution in [2.24, 2.45) is 0 Å². The number of hydrogen-bond acceptors (Lipinski definition) is 4. The third kappa shape index (κ3) is 2.78. The van der Waals surface area contributed by atoms with Crippen LogP contribution < -0.4 is 9.47 Å². The fourth-order valence-electron chi connectivity index (χ4n) is 3.46. The number of ether oxygens (including phenoxy) is 2. The highest BCUT2D eigenvalue weighted by atomic mass is 19.1. The first-order valence-electron chi connectivity index (χ1n) is 8.60. The molecular weight excluding hydrogens is 333 g/mol. The van der Waals surface area contributed by atoms with Crippen LogP contribution in [0, 0.1) is 12.7 Å². The second kappa shape index (κ2) is 6.25. The van der Waals surface area contributed by atoms with Crippen LogP contribution in [0.3, 0.4) is 0 Å². The highest BCUT2D eigenvalue weighted by Crippen LogP contribution is 2.43. The first-order chi connectivity index (χ1) is 12.4. The van der Waals surface area contributed by atoms with E-state index < -0.39 is 0 Å². The number of allylic oxidation sites excluding steroid dienone is 2. The average Bonchev–Trinajstić information content (AvgIpc) is 2.94. The largest absolute Gasteiger partial charge is 0.477 e. The predicted octanol–water partition coefficient (Wildman–Crippen LogP) is 4.36. The van der Waals surface area contributed by atoms with E-state index in [0.29, 0.717) is 36.9 Å². The van der Waals surface area contributed by atoms with Gasteiger partial charge in [0.2, 0.25) is 5.78 Å². The molecule has 26 heavy (non-hydrogen) atoms. The minimum Gasteiger partial charge on any atom is -0.477 e. The molecule has 4 nitrogen and oxygen atoms in total. The summed E-state index contributed by atoms with van der Waals surface area (Å²) in [5, 5.41) is 0. The molecule has 0 aliphatic carbocycles. The van der Waals surface area contributed by atoms with E-state index in [0.717, 1.165) is 28.0 Å². The molecule has 0 amide bonds. The van der Waals surface area contributed by atoms with Crippen molar-refractivity contribution in [1.82, 2.24) is 4.90 Å². The second-order valence-corrected chi connectivity index (χ2v) is 7.01. The van der Waals surface area contributed by atoms with E-state index >= 15 is 0 Å². The Hall–Kier alpha value is -2.66. The molecule has 0 unspecified atom stereocenters. The van der Waals surface area contributed by atoms with E-state index in [9.17, 15) is 9.18 Å². The van der Waals surface area contributed by atoms with Gasteiger partial charge in [0.05, 0.1) is 5.56 Å². The summed E-state index contributed by atoms with van der Waals surface area (Å²) < 4.78 is 24.8. The lowest BCUT2D eigenvalue weighted by molar-refractivity contribution is 0.0876. The van der Waals surface area contributed by atoms with E-state index in [4.69, 9.17) is 9.47 Å². The van der Waals surface area contributed by atoms with Gasteiger partial charge in [0, 0.05) is 24.2 Å².